The Labute approximate surface area is 153 Å². The topological polar surface area (TPSA) is 74.2 Å². The largest absolute Gasteiger partial charge is 0.381 e. The standard InChI is InChI=1S/C16H26N4O3S2/c1-17-15(20-8-6-16(11-20)7-9-23-12-16)18-10-13-4-5-14(24-13)25(21,22)19(2)3/h4-5H,6-12H2,1-3H3,(H,17,18). The van der Waals surface area contributed by atoms with Crippen molar-refractivity contribution in [1.29, 1.82) is 0 Å². The highest BCUT2D eigenvalue weighted by molar-refractivity contribution is 7.91. The third kappa shape index (κ3) is 3.84. The highest BCUT2D eigenvalue weighted by Crippen LogP contribution is 2.38. The number of sulfonamides is 1. The van der Waals surface area contributed by atoms with Gasteiger partial charge in [0.15, 0.2) is 5.96 Å². The minimum atomic E-state index is -3.36. The van der Waals surface area contributed by atoms with Crippen LogP contribution in [-0.4, -0.2) is 71.0 Å². The normalized spacial score (nSPS) is 24.6. The number of aliphatic imine (C=N–C) groups is 1. The smallest absolute Gasteiger partial charge is 0.252 e. The van der Waals surface area contributed by atoms with Crippen molar-refractivity contribution in [2.24, 2.45) is 10.4 Å². The Morgan fingerprint density at radius 1 is 1.44 bits per heavy atom. The zero-order valence-corrected chi connectivity index (χ0v) is 16.6. The summed E-state index contributed by atoms with van der Waals surface area (Å²) >= 11 is 1.30. The van der Waals surface area contributed by atoms with Gasteiger partial charge >= 0.3 is 0 Å². The molecule has 3 rings (SSSR count). The highest BCUT2D eigenvalue weighted by atomic mass is 32.2. The summed E-state index contributed by atoms with van der Waals surface area (Å²) < 4.78 is 31.5. The first-order valence-electron chi connectivity index (χ1n) is 8.41. The minimum Gasteiger partial charge on any atom is -0.381 e. The summed E-state index contributed by atoms with van der Waals surface area (Å²) in [5.74, 6) is 0.870. The van der Waals surface area contributed by atoms with Crippen molar-refractivity contribution >= 4 is 27.3 Å². The molecule has 1 aromatic rings. The second-order valence-electron chi connectivity index (χ2n) is 6.88. The number of nitrogens with one attached hydrogen (secondary N) is 1. The Bertz CT molecular complexity index is 736. The molecule has 0 aromatic carbocycles. The van der Waals surface area contributed by atoms with E-state index in [9.17, 15) is 8.42 Å². The Hall–Kier alpha value is -1.16. The molecule has 9 heteroatoms. The Morgan fingerprint density at radius 3 is 2.88 bits per heavy atom. The lowest BCUT2D eigenvalue weighted by atomic mass is 9.87. The van der Waals surface area contributed by atoms with Crippen LogP contribution in [0.1, 0.15) is 17.7 Å². The van der Waals surface area contributed by atoms with E-state index in [0.717, 1.165) is 50.0 Å². The van der Waals surface area contributed by atoms with Gasteiger partial charge in [0.1, 0.15) is 4.21 Å². The number of hydrogen-bond acceptors (Lipinski definition) is 5. The van der Waals surface area contributed by atoms with Crippen molar-refractivity contribution in [3.05, 3.63) is 17.0 Å². The monoisotopic (exact) mass is 386 g/mol. The minimum absolute atomic E-state index is 0.285. The summed E-state index contributed by atoms with van der Waals surface area (Å²) in [6.07, 6.45) is 2.26. The Kier molecular flexibility index (Phi) is 5.38. The van der Waals surface area contributed by atoms with Gasteiger partial charge in [-0.2, -0.15) is 0 Å². The number of thiophene rings is 1. The SMILES string of the molecule is CN=C(NCc1ccc(S(=O)(=O)N(C)C)s1)N1CCC2(CCOC2)C1. The number of guanidine groups is 1. The molecule has 1 unspecified atom stereocenters. The highest BCUT2D eigenvalue weighted by Gasteiger charge is 2.42. The van der Waals surface area contributed by atoms with Crippen molar-refractivity contribution in [3.63, 3.8) is 0 Å². The van der Waals surface area contributed by atoms with Crippen LogP contribution in [0, 0.1) is 5.41 Å². The predicted molar refractivity (Wildman–Crippen MR) is 99.4 cm³/mol. The van der Waals surface area contributed by atoms with E-state index in [0.29, 0.717) is 10.8 Å². The summed E-state index contributed by atoms with van der Waals surface area (Å²) in [6.45, 7) is 4.22. The average molecular weight is 387 g/mol. The van der Waals surface area contributed by atoms with Crippen LogP contribution in [0.15, 0.2) is 21.3 Å². The van der Waals surface area contributed by atoms with Gasteiger partial charge in [0.2, 0.25) is 0 Å². The fraction of sp³-hybridized carbons (Fsp3) is 0.688. The molecule has 1 spiro atoms. The molecule has 7 nitrogen and oxygen atoms in total. The van der Waals surface area contributed by atoms with Crippen LogP contribution in [-0.2, 0) is 21.3 Å². The maximum atomic E-state index is 12.2. The molecule has 1 atom stereocenters. The van der Waals surface area contributed by atoms with E-state index in [1.807, 2.05) is 6.07 Å². The van der Waals surface area contributed by atoms with E-state index in [4.69, 9.17) is 4.74 Å². The first kappa shape index (κ1) is 18.6. The second kappa shape index (κ2) is 7.22. The quantitative estimate of drug-likeness (QED) is 0.621. The lowest BCUT2D eigenvalue weighted by Gasteiger charge is -2.24. The van der Waals surface area contributed by atoms with Crippen molar-refractivity contribution in [1.82, 2.24) is 14.5 Å². The fourth-order valence-corrected chi connectivity index (χ4v) is 5.82. The van der Waals surface area contributed by atoms with E-state index >= 15 is 0 Å². The molecule has 0 saturated carbocycles. The van der Waals surface area contributed by atoms with Crippen molar-refractivity contribution in [2.75, 3.05) is 47.4 Å². The van der Waals surface area contributed by atoms with Crippen LogP contribution in [0.4, 0.5) is 0 Å². The van der Waals surface area contributed by atoms with Gasteiger partial charge in [-0.1, -0.05) is 0 Å². The van der Waals surface area contributed by atoms with E-state index in [1.54, 1.807) is 27.2 Å². The van der Waals surface area contributed by atoms with Crippen molar-refractivity contribution in [3.8, 4) is 0 Å². The van der Waals surface area contributed by atoms with Gasteiger partial charge in [0, 0.05) is 51.1 Å². The summed E-state index contributed by atoms with van der Waals surface area (Å²) in [7, 11) is 1.52. The van der Waals surface area contributed by atoms with Crippen LogP contribution in [0.5, 0.6) is 0 Å². The molecular formula is C16H26N4O3S2. The summed E-state index contributed by atoms with van der Waals surface area (Å²) in [5.41, 5.74) is 0.285. The summed E-state index contributed by atoms with van der Waals surface area (Å²) in [5, 5.41) is 3.37. The van der Waals surface area contributed by atoms with E-state index in [2.05, 4.69) is 15.2 Å². The van der Waals surface area contributed by atoms with Crippen molar-refractivity contribution in [2.45, 2.75) is 23.6 Å². The van der Waals surface area contributed by atoms with Gasteiger partial charge in [0.25, 0.3) is 10.0 Å². The van der Waals surface area contributed by atoms with Crippen LogP contribution < -0.4 is 5.32 Å². The van der Waals surface area contributed by atoms with Crippen LogP contribution in [0.25, 0.3) is 0 Å². The van der Waals surface area contributed by atoms with Gasteiger partial charge in [-0.15, -0.1) is 11.3 Å². The molecule has 1 aromatic heterocycles. The summed E-state index contributed by atoms with van der Waals surface area (Å²) in [4.78, 5) is 7.64. The van der Waals surface area contributed by atoms with E-state index in [1.165, 1.54) is 15.6 Å². The number of likely N-dealkylation sites (tertiary alicyclic amines) is 1. The number of ether oxygens (including phenoxy) is 1. The maximum absolute atomic E-state index is 12.2. The van der Waals surface area contributed by atoms with Crippen LogP contribution in [0.2, 0.25) is 0 Å². The molecule has 3 heterocycles. The second-order valence-corrected chi connectivity index (χ2v) is 10.4. The van der Waals surface area contributed by atoms with Gasteiger partial charge in [0.05, 0.1) is 13.2 Å². The number of hydrogen-bond donors (Lipinski definition) is 1. The first-order valence-corrected chi connectivity index (χ1v) is 10.7. The molecule has 0 aliphatic carbocycles. The Balaban J connectivity index is 1.60. The zero-order valence-electron chi connectivity index (χ0n) is 15.0. The van der Waals surface area contributed by atoms with Gasteiger partial charge in [-0.3, -0.25) is 4.99 Å². The molecule has 0 amide bonds. The van der Waals surface area contributed by atoms with Gasteiger partial charge in [-0.05, 0) is 25.0 Å². The van der Waals surface area contributed by atoms with E-state index < -0.39 is 10.0 Å². The van der Waals surface area contributed by atoms with Crippen LogP contribution >= 0.6 is 11.3 Å². The lowest BCUT2D eigenvalue weighted by Crippen LogP contribution is -2.41. The van der Waals surface area contributed by atoms with Gasteiger partial charge < -0.3 is 15.0 Å². The average Bonchev–Trinajstić information content (AvgIpc) is 3.31. The van der Waals surface area contributed by atoms with E-state index in [-0.39, 0.29) is 5.41 Å². The molecule has 1 N–H and O–H groups in total. The third-order valence-corrected chi connectivity index (χ3v) is 8.30. The molecule has 2 saturated heterocycles. The molecule has 2 aliphatic heterocycles. The molecular weight excluding hydrogens is 360 g/mol. The fourth-order valence-electron chi connectivity index (χ4n) is 3.36. The number of nitrogens with zero attached hydrogens (tertiary/aromatic N) is 3. The summed E-state index contributed by atoms with van der Waals surface area (Å²) in [6, 6.07) is 3.53. The van der Waals surface area contributed by atoms with Crippen LogP contribution in [0.3, 0.4) is 0 Å². The molecule has 2 aliphatic rings. The third-order valence-electron chi connectivity index (χ3n) is 4.93. The lowest BCUT2D eigenvalue weighted by molar-refractivity contribution is 0.156. The Morgan fingerprint density at radius 2 is 2.24 bits per heavy atom. The molecule has 0 radical (unpaired) electrons. The first-order chi connectivity index (χ1) is 11.9. The molecule has 140 valence electrons. The van der Waals surface area contributed by atoms with Crippen molar-refractivity contribution < 1.29 is 13.2 Å². The maximum Gasteiger partial charge on any atom is 0.252 e. The number of rotatable bonds is 4. The zero-order chi connectivity index (χ0) is 18.1. The molecule has 25 heavy (non-hydrogen) atoms. The molecule has 2 fully saturated rings. The predicted octanol–water partition coefficient (Wildman–Crippen LogP) is 1.19. The van der Waals surface area contributed by atoms with Gasteiger partial charge in [-0.25, -0.2) is 12.7 Å². The molecule has 0 bridgehead atoms.